The molecule has 0 fully saturated rings. The smallest absolute Gasteiger partial charge is 0.182 e. The van der Waals surface area contributed by atoms with E-state index in [1.165, 1.54) is 0 Å². The first-order chi connectivity index (χ1) is 9.24. The first-order valence-electron chi connectivity index (χ1n) is 6.07. The van der Waals surface area contributed by atoms with Crippen molar-refractivity contribution in [3.63, 3.8) is 0 Å². The fraction of sp³-hybridized carbons (Fsp3) is 0.0625. The van der Waals surface area contributed by atoms with Crippen LogP contribution in [0.3, 0.4) is 0 Å². The molecular formula is C16H12BrNO. The molecule has 0 amide bonds. The molecule has 2 nitrogen and oxygen atoms in total. The van der Waals surface area contributed by atoms with Gasteiger partial charge in [-0.15, -0.1) is 0 Å². The number of hydrogen-bond donors (Lipinski definition) is 0. The summed E-state index contributed by atoms with van der Waals surface area (Å²) in [6.45, 7) is 0.370. The van der Waals surface area contributed by atoms with Crippen LogP contribution >= 0.6 is 15.9 Å². The van der Waals surface area contributed by atoms with Gasteiger partial charge in [-0.1, -0.05) is 46.3 Å². The van der Waals surface area contributed by atoms with Crippen molar-refractivity contribution in [1.29, 1.82) is 0 Å². The van der Waals surface area contributed by atoms with Crippen LogP contribution in [0.25, 0.3) is 10.9 Å². The van der Waals surface area contributed by atoms with Crippen LogP contribution in [-0.4, -0.2) is 10.4 Å². The molecular weight excluding hydrogens is 302 g/mol. The molecule has 0 saturated heterocycles. The van der Waals surface area contributed by atoms with Crippen LogP contribution in [0.5, 0.6) is 0 Å². The lowest BCUT2D eigenvalue weighted by Crippen LogP contribution is -2.09. The molecule has 0 atom stereocenters. The van der Waals surface area contributed by atoms with Gasteiger partial charge in [0, 0.05) is 21.7 Å². The van der Waals surface area contributed by atoms with Crippen molar-refractivity contribution < 1.29 is 4.79 Å². The highest BCUT2D eigenvalue weighted by atomic mass is 79.9. The molecule has 3 aromatic rings. The summed E-state index contributed by atoms with van der Waals surface area (Å²) in [7, 11) is 0. The van der Waals surface area contributed by atoms with Gasteiger partial charge in [-0.25, -0.2) is 0 Å². The van der Waals surface area contributed by atoms with E-state index in [1.807, 2.05) is 59.3 Å². The van der Waals surface area contributed by atoms with Gasteiger partial charge in [0.05, 0.1) is 6.54 Å². The summed E-state index contributed by atoms with van der Waals surface area (Å²) in [5, 5.41) is 1.16. The molecule has 3 rings (SSSR count). The lowest BCUT2D eigenvalue weighted by molar-refractivity contribution is 0.0973. The molecule has 0 bridgehead atoms. The first kappa shape index (κ1) is 12.2. The van der Waals surface area contributed by atoms with Crippen molar-refractivity contribution in [2.45, 2.75) is 6.54 Å². The molecule has 3 heteroatoms. The molecule has 0 unspecified atom stereocenters. The SMILES string of the molecule is O=C(Cn1ccc2ccccc21)c1ccc(Br)cc1. The molecule has 19 heavy (non-hydrogen) atoms. The Balaban J connectivity index is 1.89. The molecule has 0 saturated carbocycles. The second kappa shape index (κ2) is 5.02. The molecule has 0 radical (unpaired) electrons. The van der Waals surface area contributed by atoms with Crippen molar-refractivity contribution in [2.24, 2.45) is 0 Å². The highest BCUT2D eigenvalue weighted by Gasteiger charge is 2.08. The topological polar surface area (TPSA) is 22.0 Å². The minimum absolute atomic E-state index is 0.119. The Morgan fingerprint density at radius 2 is 1.74 bits per heavy atom. The number of Topliss-reactive ketones (excluding diaryl/α,β-unsaturated/α-hetero) is 1. The highest BCUT2D eigenvalue weighted by Crippen LogP contribution is 2.16. The van der Waals surface area contributed by atoms with Crippen LogP contribution in [0.15, 0.2) is 65.3 Å². The number of rotatable bonds is 3. The second-order valence-electron chi connectivity index (χ2n) is 4.43. The summed E-state index contributed by atoms with van der Waals surface area (Å²) in [4.78, 5) is 12.2. The van der Waals surface area contributed by atoms with E-state index in [2.05, 4.69) is 22.0 Å². The summed E-state index contributed by atoms with van der Waals surface area (Å²) >= 11 is 3.37. The molecule has 0 aliphatic rings. The number of ketones is 1. The molecule has 2 aromatic carbocycles. The quantitative estimate of drug-likeness (QED) is 0.661. The summed E-state index contributed by atoms with van der Waals surface area (Å²) in [6, 6.07) is 17.6. The van der Waals surface area contributed by atoms with Crippen molar-refractivity contribution in [3.05, 3.63) is 70.8 Å². The Morgan fingerprint density at radius 1 is 1.00 bits per heavy atom. The van der Waals surface area contributed by atoms with E-state index in [4.69, 9.17) is 0 Å². The number of nitrogens with zero attached hydrogens (tertiary/aromatic N) is 1. The van der Waals surface area contributed by atoms with Gasteiger partial charge >= 0.3 is 0 Å². The summed E-state index contributed by atoms with van der Waals surface area (Å²) in [5.41, 5.74) is 1.83. The zero-order valence-electron chi connectivity index (χ0n) is 10.2. The van der Waals surface area contributed by atoms with Gasteiger partial charge < -0.3 is 4.57 Å². The van der Waals surface area contributed by atoms with Crippen molar-refractivity contribution in [2.75, 3.05) is 0 Å². The maximum absolute atomic E-state index is 12.2. The highest BCUT2D eigenvalue weighted by molar-refractivity contribution is 9.10. The second-order valence-corrected chi connectivity index (χ2v) is 5.35. The van der Waals surface area contributed by atoms with Gasteiger partial charge in [0.2, 0.25) is 0 Å². The van der Waals surface area contributed by atoms with Crippen LogP contribution in [0, 0.1) is 0 Å². The monoisotopic (exact) mass is 313 g/mol. The van der Waals surface area contributed by atoms with Crippen molar-refractivity contribution in [3.8, 4) is 0 Å². The Bertz CT molecular complexity index is 728. The number of fused-ring (bicyclic) bond motifs is 1. The fourth-order valence-electron chi connectivity index (χ4n) is 2.16. The third kappa shape index (κ3) is 2.47. The van der Waals surface area contributed by atoms with E-state index in [9.17, 15) is 4.79 Å². The number of aromatic nitrogens is 1. The summed E-state index contributed by atoms with van der Waals surface area (Å²) in [6.07, 6.45) is 1.96. The zero-order chi connectivity index (χ0) is 13.2. The lowest BCUT2D eigenvalue weighted by atomic mass is 10.1. The minimum atomic E-state index is 0.119. The van der Waals surface area contributed by atoms with Gasteiger partial charge in [-0.05, 0) is 29.7 Å². The van der Waals surface area contributed by atoms with Crippen LogP contribution < -0.4 is 0 Å². The average Bonchev–Trinajstić information content (AvgIpc) is 2.83. The predicted octanol–water partition coefficient (Wildman–Crippen LogP) is 4.29. The molecule has 0 aliphatic heterocycles. The standard InChI is InChI=1S/C16H12BrNO/c17-14-7-5-13(6-8-14)16(19)11-18-10-9-12-3-1-2-4-15(12)18/h1-10H,11H2. The van der Waals surface area contributed by atoms with Crippen molar-refractivity contribution >= 4 is 32.6 Å². The van der Waals surface area contributed by atoms with E-state index in [-0.39, 0.29) is 5.78 Å². The lowest BCUT2D eigenvalue weighted by Gasteiger charge is -2.05. The third-order valence-corrected chi connectivity index (χ3v) is 3.69. The third-order valence-electron chi connectivity index (χ3n) is 3.16. The predicted molar refractivity (Wildman–Crippen MR) is 80.4 cm³/mol. The van der Waals surface area contributed by atoms with E-state index in [1.54, 1.807) is 0 Å². The Hall–Kier alpha value is -1.87. The van der Waals surface area contributed by atoms with E-state index >= 15 is 0 Å². The maximum atomic E-state index is 12.2. The number of carbonyl (C=O) groups is 1. The largest absolute Gasteiger partial charge is 0.340 e. The number of benzene rings is 2. The van der Waals surface area contributed by atoms with Gasteiger partial charge in [-0.2, -0.15) is 0 Å². The number of hydrogen-bond acceptors (Lipinski definition) is 1. The Kier molecular flexibility index (Phi) is 3.22. The molecule has 0 aliphatic carbocycles. The van der Waals surface area contributed by atoms with E-state index in [0.29, 0.717) is 6.54 Å². The fourth-order valence-corrected chi connectivity index (χ4v) is 2.42. The molecule has 0 spiro atoms. The van der Waals surface area contributed by atoms with Crippen LogP contribution in [0.2, 0.25) is 0 Å². The van der Waals surface area contributed by atoms with Crippen LogP contribution in [-0.2, 0) is 6.54 Å². The summed E-state index contributed by atoms with van der Waals surface area (Å²) in [5.74, 6) is 0.119. The molecule has 0 N–H and O–H groups in total. The Morgan fingerprint density at radius 3 is 2.53 bits per heavy atom. The van der Waals surface area contributed by atoms with E-state index in [0.717, 1.165) is 20.9 Å². The van der Waals surface area contributed by atoms with Gasteiger partial charge in [0.15, 0.2) is 5.78 Å². The van der Waals surface area contributed by atoms with Gasteiger partial charge in [0.1, 0.15) is 0 Å². The number of para-hydroxylation sites is 1. The normalized spacial score (nSPS) is 10.8. The van der Waals surface area contributed by atoms with E-state index < -0.39 is 0 Å². The molecule has 94 valence electrons. The van der Waals surface area contributed by atoms with Gasteiger partial charge in [0.25, 0.3) is 0 Å². The van der Waals surface area contributed by atoms with Crippen molar-refractivity contribution in [1.82, 2.24) is 4.57 Å². The number of carbonyl (C=O) groups excluding carboxylic acids is 1. The minimum Gasteiger partial charge on any atom is -0.340 e. The van der Waals surface area contributed by atoms with Gasteiger partial charge in [-0.3, -0.25) is 4.79 Å². The molecule has 1 heterocycles. The average molecular weight is 314 g/mol. The Labute approximate surface area is 119 Å². The molecule has 1 aromatic heterocycles. The first-order valence-corrected chi connectivity index (χ1v) is 6.86. The van der Waals surface area contributed by atoms with Crippen LogP contribution in [0.1, 0.15) is 10.4 Å². The zero-order valence-corrected chi connectivity index (χ0v) is 11.8. The maximum Gasteiger partial charge on any atom is 0.182 e. The summed E-state index contributed by atoms with van der Waals surface area (Å²) < 4.78 is 2.97. The number of halogens is 1. The van der Waals surface area contributed by atoms with Crippen LogP contribution in [0.4, 0.5) is 0 Å².